The predicted molar refractivity (Wildman–Crippen MR) is 100.0 cm³/mol. The Balaban J connectivity index is 2.37. The number of carbonyl (C=O) groups is 2. The first kappa shape index (κ1) is 19.2. The molecule has 0 aliphatic heterocycles. The monoisotopic (exact) mass is 360 g/mol. The van der Waals surface area contributed by atoms with Crippen LogP contribution in [0.2, 0.25) is 0 Å². The van der Waals surface area contributed by atoms with Crippen LogP contribution >= 0.6 is 11.3 Å². The molecule has 0 saturated heterocycles. The Morgan fingerprint density at radius 1 is 0.920 bits per heavy atom. The third-order valence-corrected chi connectivity index (χ3v) is 4.38. The Morgan fingerprint density at radius 2 is 1.48 bits per heavy atom. The molecule has 2 rings (SSSR count). The SMILES string of the molecule is CC(C)COC(=O)c1csc(-c2ccccc2)c1C(=O)OCC(C)C. The number of ether oxygens (including phenoxy) is 2. The summed E-state index contributed by atoms with van der Waals surface area (Å²) in [6, 6.07) is 9.53. The Morgan fingerprint density at radius 3 is 2.04 bits per heavy atom. The zero-order valence-corrected chi connectivity index (χ0v) is 15.9. The van der Waals surface area contributed by atoms with Crippen molar-refractivity contribution in [1.82, 2.24) is 0 Å². The van der Waals surface area contributed by atoms with Crippen LogP contribution in [-0.2, 0) is 9.47 Å². The minimum atomic E-state index is -0.483. The van der Waals surface area contributed by atoms with Crippen LogP contribution in [-0.4, -0.2) is 25.2 Å². The molecule has 0 saturated carbocycles. The van der Waals surface area contributed by atoms with E-state index in [4.69, 9.17) is 9.47 Å². The van der Waals surface area contributed by atoms with Crippen molar-refractivity contribution in [3.63, 3.8) is 0 Å². The fraction of sp³-hybridized carbons (Fsp3) is 0.400. The van der Waals surface area contributed by atoms with E-state index in [1.165, 1.54) is 11.3 Å². The Hall–Kier alpha value is -2.14. The maximum absolute atomic E-state index is 12.6. The predicted octanol–water partition coefficient (Wildman–Crippen LogP) is 5.04. The average molecular weight is 360 g/mol. The Kier molecular flexibility index (Phi) is 6.76. The number of hydrogen-bond acceptors (Lipinski definition) is 5. The number of carbonyl (C=O) groups excluding carboxylic acids is 2. The quantitative estimate of drug-likeness (QED) is 0.649. The molecule has 2 aromatic rings. The first-order valence-electron chi connectivity index (χ1n) is 8.41. The van der Waals surface area contributed by atoms with Gasteiger partial charge in [0.05, 0.1) is 24.3 Å². The molecule has 0 bridgehead atoms. The minimum Gasteiger partial charge on any atom is -0.462 e. The largest absolute Gasteiger partial charge is 0.462 e. The lowest BCUT2D eigenvalue weighted by Crippen LogP contribution is -2.16. The van der Waals surface area contributed by atoms with Crippen molar-refractivity contribution in [1.29, 1.82) is 0 Å². The van der Waals surface area contributed by atoms with E-state index in [0.29, 0.717) is 18.8 Å². The van der Waals surface area contributed by atoms with Crippen LogP contribution in [0.4, 0.5) is 0 Å². The molecule has 0 atom stereocenters. The van der Waals surface area contributed by atoms with Gasteiger partial charge in [0.15, 0.2) is 0 Å². The van der Waals surface area contributed by atoms with E-state index in [2.05, 4.69) is 0 Å². The summed E-state index contributed by atoms with van der Waals surface area (Å²) in [7, 11) is 0. The van der Waals surface area contributed by atoms with Crippen molar-refractivity contribution < 1.29 is 19.1 Å². The van der Waals surface area contributed by atoms with E-state index < -0.39 is 11.9 Å². The molecule has 0 spiro atoms. The number of thiophene rings is 1. The summed E-state index contributed by atoms with van der Waals surface area (Å²) in [5.41, 5.74) is 1.45. The molecule has 0 amide bonds. The van der Waals surface area contributed by atoms with E-state index in [9.17, 15) is 9.59 Å². The second kappa shape index (κ2) is 8.81. The topological polar surface area (TPSA) is 52.6 Å². The first-order valence-corrected chi connectivity index (χ1v) is 9.29. The molecule has 0 radical (unpaired) electrons. The van der Waals surface area contributed by atoms with Gasteiger partial charge in [-0.15, -0.1) is 11.3 Å². The van der Waals surface area contributed by atoms with Crippen molar-refractivity contribution >= 4 is 23.3 Å². The van der Waals surface area contributed by atoms with Gasteiger partial charge in [0.1, 0.15) is 0 Å². The molecular formula is C20H24O4S. The van der Waals surface area contributed by atoms with Crippen molar-refractivity contribution in [3.8, 4) is 10.4 Å². The molecule has 0 fully saturated rings. The van der Waals surface area contributed by atoms with Gasteiger partial charge in [0.2, 0.25) is 0 Å². The molecule has 25 heavy (non-hydrogen) atoms. The second-order valence-electron chi connectivity index (χ2n) is 6.70. The molecule has 0 aliphatic carbocycles. The van der Waals surface area contributed by atoms with Gasteiger partial charge in [-0.3, -0.25) is 0 Å². The number of esters is 2. The van der Waals surface area contributed by atoms with Crippen LogP contribution in [0.1, 0.15) is 48.4 Å². The Bertz CT molecular complexity index is 717. The van der Waals surface area contributed by atoms with Crippen molar-refractivity contribution in [2.24, 2.45) is 11.8 Å². The third-order valence-electron chi connectivity index (χ3n) is 3.35. The molecule has 134 valence electrons. The molecule has 1 aromatic carbocycles. The Labute approximate surface area is 152 Å². The minimum absolute atomic E-state index is 0.221. The highest BCUT2D eigenvalue weighted by Gasteiger charge is 2.26. The van der Waals surface area contributed by atoms with Gasteiger partial charge in [-0.05, 0) is 17.4 Å². The van der Waals surface area contributed by atoms with Crippen LogP contribution in [0.3, 0.4) is 0 Å². The molecule has 4 nitrogen and oxygen atoms in total. The highest BCUT2D eigenvalue weighted by Crippen LogP contribution is 2.34. The molecule has 1 heterocycles. The van der Waals surface area contributed by atoms with E-state index >= 15 is 0 Å². The lowest BCUT2D eigenvalue weighted by Gasteiger charge is -2.11. The maximum atomic E-state index is 12.6. The van der Waals surface area contributed by atoms with Crippen LogP contribution in [0.5, 0.6) is 0 Å². The lowest BCUT2D eigenvalue weighted by atomic mass is 10.1. The highest BCUT2D eigenvalue weighted by atomic mass is 32.1. The van der Waals surface area contributed by atoms with E-state index in [1.54, 1.807) is 5.38 Å². The summed E-state index contributed by atoms with van der Waals surface area (Å²) in [6.45, 7) is 8.50. The van der Waals surface area contributed by atoms with Crippen molar-refractivity contribution in [3.05, 3.63) is 46.8 Å². The summed E-state index contributed by atoms with van der Waals surface area (Å²) < 4.78 is 10.7. The summed E-state index contributed by atoms with van der Waals surface area (Å²) in [5.74, 6) is -0.513. The summed E-state index contributed by atoms with van der Waals surface area (Å²) in [5, 5.41) is 1.68. The van der Waals surface area contributed by atoms with Crippen molar-refractivity contribution in [2.75, 3.05) is 13.2 Å². The molecule has 0 N–H and O–H groups in total. The zero-order valence-electron chi connectivity index (χ0n) is 15.1. The van der Waals surface area contributed by atoms with Gasteiger partial charge in [0, 0.05) is 10.3 Å². The van der Waals surface area contributed by atoms with E-state index in [1.807, 2.05) is 58.0 Å². The molecule has 5 heteroatoms. The van der Waals surface area contributed by atoms with Gasteiger partial charge in [-0.1, -0.05) is 58.0 Å². The lowest BCUT2D eigenvalue weighted by molar-refractivity contribution is 0.0414. The number of benzene rings is 1. The van der Waals surface area contributed by atoms with Crippen LogP contribution < -0.4 is 0 Å². The van der Waals surface area contributed by atoms with Gasteiger partial charge in [-0.25, -0.2) is 9.59 Å². The molecule has 0 unspecified atom stereocenters. The first-order chi connectivity index (χ1) is 11.9. The normalized spacial score (nSPS) is 11.0. The van der Waals surface area contributed by atoms with Gasteiger partial charge in [0.25, 0.3) is 0 Å². The fourth-order valence-corrected chi connectivity index (χ4v) is 3.18. The van der Waals surface area contributed by atoms with E-state index in [0.717, 1.165) is 10.4 Å². The standard InChI is InChI=1S/C20H24O4S/c1-13(2)10-23-19(21)16-12-25-18(15-8-6-5-7-9-15)17(16)20(22)24-11-14(3)4/h5-9,12-14H,10-11H2,1-4H3. The van der Waals surface area contributed by atoms with E-state index in [-0.39, 0.29) is 17.4 Å². The van der Waals surface area contributed by atoms with Crippen LogP contribution in [0.25, 0.3) is 10.4 Å². The number of rotatable bonds is 7. The van der Waals surface area contributed by atoms with Crippen LogP contribution in [0, 0.1) is 11.8 Å². The fourth-order valence-electron chi connectivity index (χ4n) is 2.15. The zero-order chi connectivity index (χ0) is 18.4. The maximum Gasteiger partial charge on any atom is 0.340 e. The summed E-state index contributed by atoms with van der Waals surface area (Å²) in [4.78, 5) is 25.8. The third kappa shape index (κ3) is 5.16. The highest BCUT2D eigenvalue weighted by molar-refractivity contribution is 7.14. The van der Waals surface area contributed by atoms with Gasteiger partial charge >= 0.3 is 11.9 Å². The number of hydrogen-bond donors (Lipinski definition) is 0. The summed E-state index contributed by atoms with van der Waals surface area (Å²) in [6.07, 6.45) is 0. The van der Waals surface area contributed by atoms with Gasteiger partial charge < -0.3 is 9.47 Å². The van der Waals surface area contributed by atoms with Crippen molar-refractivity contribution in [2.45, 2.75) is 27.7 Å². The second-order valence-corrected chi connectivity index (χ2v) is 7.58. The molecular weight excluding hydrogens is 336 g/mol. The average Bonchev–Trinajstić information content (AvgIpc) is 3.03. The van der Waals surface area contributed by atoms with Gasteiger partial charge in [-0.2, -0.15) is 0 Å². The molecule has 1 aromatic heterocycles. The molecule has 0 aliphatic rings. The smallest absolute Gasteiger partial charge is 0.340 e. The van der Waals surface area contributed by atoms with Crippen LogP contribution in [0.15, 0.2) is 35.7 Å². The summed E-state index contributed by atoms with van der Waals surface area (Å²) >= 11 is 1.35.